The van der Waals surface area contributed by atoms with Gasteiger partial charge in [0, 0.05) is 24.7 Å². The number of benzene rings is 2. The molecule has 30 heavy (non-hydrogen) atoms. The number of morpholine rings is 1. The molecular weight excluding hydrogens is 395 g/mol. The van der Waals surface area contributed by atoms with Crippen molar-refractivity contribution in [3.05, 3.63) is 64.0 Å². The van der Waals surface area contributed by atoms with Crippen molar-refractivity contribution >= 4 is 29.2 Å². The van der Waals surface area contributed by atoms with E-state index in [1.807, 2.05) is 4.90 Å². The molecule has 3 rings (SSSR count). The molecule has 1 atom stereocenters. The molecule has 2 aromatic rings. The minimum atomic E-state index is -0.997. The highest BCUT2D eigenvalue weighted by Crippen LogP contribution is 2.29. The van der Waals surface area contributed by atoms with Gasteiger partial charge in [-0.1, -0.05) is 23.4 Å². The Bertz CT molecular complexity index is 947. The van der Waals surface area contributed by atoms with Crippen LogP contribution in [-0.2, 0) is 14.4 Å². The van der Waals surface area contributed by atoms with E-state index in [2.05, 4.69) is 10.5 Å². The lowest BCUT2D eigenvalue weighted by Gasteiger charge is -2.28. The van der Waals surface area contributed by atoms with Gasteiger partial charge in [-0.25, -0.2) is 4.39 Å². The summed E-state index contributed by atoms with van der Waals surface area (Å²) in [5, 5.41) is 17.6. The van der Waals surface area contributed by atoms with Gasteiger partial charge in [0.25, 0.3) is 11.6 Å². The fourth-order valence-corrected chi connectivity index (χ4v) is 2.87. The Labute approximate surface area is 172 Å². The lowest BCUT2D eigenvalue weighted by Crippen LogP contribution is -2.36. The number of carbonyl (C=O) groups is 1. The van der Waals surface area contributed by atoms with E-state index in [0.717, 1.165) is 0 Å². The highest BCUT2D eigenvalue weighted by Gasteiger charge is 2.22. The molecule has 0 radical (unpaired) electrons. The Kier molecular flexibility index (Phi) is 6.91. The summed E-state index contributed by atoms with van der Waals surface area (Å²) in [5.41, 5.74) is 0.946. The zero-order chi connectivity index (χ0) is 21.5. The van der Waals surface area contributed by atoms with Crippen LogP contribution in [0.25, 0.3) is 0 Å². The number of rotatable bonds is 7. The van der Waals surface area contributed by atoms with Gasteiger partial charge in [-0.2, -0.15) is 0 Å². The van der Waals surface area contributed by atoms with Gasteiger partial charge >= 0.3 is 0 Å². The van der Waals surface area contributed by atoms with Crippen molar-refractivity contribution in [3.8, 4) is 0 Å². The topological polar surface area (TPSA) is 106 Å². The van der Waals surface area contributed by atoms with Crippen LogP contribution in [0, 0.1) is 15.9 Å². The van der Waals surface area contributed by atoms with Crippen molar-refractivity contribution in [2.75, 3.05) is 36.5 Å². The molecule has 1 amide bonds. The average molecular weight is 416 g/mol. The van der Waals surface area contributed by atoms with Gasteiger partial charge in [-0.15, -0.1) is 0 Å². The molecule has 0 spiro atoms. The number of anilines is 2. The number of hydrogen-bond acceptors (Lipinski definition) is 7. The molecule has 1 fully saturated rings. The van der Waals surface area contributed by atoms with Crippen LogP contribution in [0.2, 0.25) is 0 Å². The largest absolute Gasteiger partial charge is 0.383 e. The van der Waals surface area contributed by atoms with Crippen LogP contribution in [0.15, 0.2) is 47.6 Å². The second-order valence-electron chi connectivity index (χ2n) is 6.56. The molecule has 0 saturated carbocycles. The highest BCUT2D eigenvalue weighted by atomic mass is 19.1. The molecule has 1 aliphatic rings. The maximum atomic E-state index is 13.6. The second-order valence-corrected chi connectivity index (χ2v) is 6.56. The SMILES string of the molecule is C[C@@H](O/N=C\c1ccc(N2CCOCC2)c([N+](=O)[O-])c1)C(=O)Nc1ccccc1F. The summed E-state index contributed by atoms with van der Waals surface area (Å²) < 4.78 is 18.9. The number of halogens is 1. The van der Waals surface area contributed by atoms with Crippen LogP contribution in [-0.4, -0.2) is 49.5 Å². The molecule has 2 aromatic carbocycles. The summed E-state index contributed by atoms with van der Waals surface area (Å²) in [7, 11) is 0. The Hall–Kier alpha value is -3.53. The summed E-state index contributed by atoms with van der Waals surface area (Å²) in [4.78, 5) is 30.1. The molecule has 1 saturated heterocycles. The maximum Gasteiger partial charge on any atom is 0.293 e. The number of para-hydroxylation sites is 1. The average Bonchev–Trinajstić information content (AvgIpc) is 2.75. The van der Waals surface area contributed by atoms with E-state index in [4.69, 9.17) is 9.57 Å². The Morgan fingerprint density at radius 2 is 2.07 bits per heavy atom. The predicted molar refractivity (Wildman–Crippen MR) is 109 cm³/mol. The van der Waals surface area contributed by atoms with Gasteiger partial charge in [0.2, 0.25) is 6.10 Å². The van der Waals surface area contributed by atoms with E-state index in [9.17, 15) is 19.3 Å². The van der Waals surface area contributed by atoms with Gasteiger partial charge in [0.1, 0.15) is 11.5 Å². The van der Waals surface area contributed by atoms with Crippen LogP contribution < -0.4 is 10.2 Å². The molecule has 1 aliphatic heterocycles. The van der Waals surface area contributed by atoms with E-state index in [-0.39, 0.29) is 11.4 Å². The third kappa shape index (κ3) is 5.29. The highest BCUT2D eigenvalue weighted by molar-refractivity contribution is 5.94. The van der Waals surface area contributed by atoms with E-state index in [1.165, 1.54) is 37.4 Å². The lowest BCUT2D eigenvalue weighted by atomic mass is 10.1. The lowest BCUT2D eigenvalue weighted by molar-refractivity contribution is -0.384. The standard InChI is InChI=1S/C20H21FN4O5/c1-14(20(26)23-17-5-3-2-4-16(17)21)30-22-13-15-6-7-18(19(12-15)25(27)28)24-8-10-29-11-9-24/h2-7,12-14H,8-11H2,1H3,(H,23,26)/b22-13-/t14-/m1/s1. The summed E-state index contributed by atoms with van der Waals surface area (Å²) in [6.45, 7) is 3.64. The zero-order valence-corrected chi connectivity index (χ0v) is 16.3. The maximum absolute atomic E-state index is 13.6. The molecule has 10 heteroatoms. The number of amides is 1. The first-order valence-electron chi connectivity index (χ1n) is 9.31. The Morgan fingerprint density at radius 1 is 1.33 bits per heavy atom. The van der Waals surface area contributed by atoms with Crippen molar-refractivity contribution in [1.82, 2.24) is 0 Å². The molecule has 0 unspecified atom stereocenters. The number of nitrogens with one attached hydrogen (secondary N) is 1. The number of nitro benzene ring substituents is 1. The zero-order valence-electron chi connectivity index (χ0n) is 16.3. The first-order valence-corrected chi connectivity index (χ1v) is 9.31. The van der Waals surface area contributed by atoms with Crippen molar-refractivity contribution in [3.63, 3.8) is 0 Å². The Morgan fingerprint density at radius 3 is 2.77 bits per heavy atom. The number of nitro groups is 1. The summed E-state index contributed by atoms with van der Waals surface area (Å²) in [5.74, 6) is -1.14. The van der Waals surface area contributed by atoms with Crippen LogP contribution in [0.4, 0.5) is 21.5 Å². The predicted octanol–water partition coefficient (Wildman–Crippen LogP) is 2.95. The quantitative estimate of drug-likeness (QED) is 0.423. The fourth-order valence-electron chi connectivity index (χ4n) is 2.87. The van der Waals surface area contributed by atoms with Crippen molar-refractivity contribution in [2.45, 2.75) is 13.0 Å². The molecule has 9 nitrogen and oxygen atoms in total. The summed E-state index contributed by atoms with van der Waals surface area (Å²) in [6.07, 6.45) is 0.284. The molecule has 158 valence electrons. The van der Waals surface area contributed by atoms with E-state index < -0.39 is 22.8 Å². The fraction of sp³-hybridized carbons (Fsp3) is 0.300. The number of oxime groups is 1. The molecule has 0 aromatic heterocycles. The number of ether oxygens (including phenoxy) is 1. The molecule has 1 N–H and O–H groups in total. The van der Waals surface area contributed by atoms with Crippen molar-refractivity contribution in [2.24, 2.45) is 5.16 Å². The minimum Gasteiger partial charge on any atom is -0.383 e. The van der Waals surface area contributed by atoms with E-state index >= 15 is 0 Å². The van der Waals surface area contributed by atoms with E-state index in [0.29, 0.717) is 37.6 Å². The molecule has 0 bridgehead atoms. The summed E-state index contributed by atoms with van der Waals surface area (Å²) in [6, 6.07) is 10.5. The third-order valence-corrected chi connectivity index (χ3v) is 4.47. The first kappa shape index (κ1) is 21.2. The van der Waals surface area contributed by atoms with Crippen molar-refractivity contribution < 1.29 is 23.7 Å². The van der Waals surface area contributed by atoms with Gasteiger partial charge in [-0.05, 0) is 25.1 Å². The normalized spacial score (nSPS) is 15.1. The number of hydrogen-bond donors (Lipinski definition) is 1. The molecule has 1 heterocycles. The van der Waals surface area contributed by atoms with Gasteiger partial charge in [0.05, 0.1) is 30.0 Å². The monoisotopic (exact) mass is 416 g/mol. The molecular formula is C20H21FN4O5. The van der Waals surface area contributed by atoms with Gasteiger partial charge < -0.3 is 19.8 Å². The number of nitrogens with zero attached hydrogens (tertiary/aromatic N) is 3. The third-order valence-electron chi connectivity index (χ3n) is 4.47. The Balaban J connectivity index is 1.63. The molecule has 0 aliphatic carbocycles. The van der Waals surface area contributed by atoms with Crippen LogP contribution in [0.5, 0.6) is 0 Å². The van der Waals surface area contributed by atoms with Gasteiger partial charge in [-0.3, -0.25) is 14.9 Å². The number of carbonyl (C=O) groups excluding carboxylic acids is 1. The van der Waals surface area contributed by atoms with Crippen LogP contribution in [0.1, 0.15) is 12.5 Å². The second kappa shape index (κ2) is 9.79. The van der Waals surface area contributed by atoms with Crippen LogP contribution in [0.3, 0.4) is 0 Å². The smallest absolute Gasteiger partial charge is 0.293 e. The van der Waals surface area contributed by atoms with Gasteiger partial charge in [0.15, 0.2) is 0 Å². The van der Waals surface area contributed by atoms with Crippen LogP contribution >= 0.6 is 0 Å². The minimum absolute atomic E-state index is 0.0382. The first-order chi connectivity index (χ1) is 14.5. The summed E-state index contributed by atoms with van der Waals surface area (Å²) >= 11 is 0. The van der Waals surface area contributed by atoms with Crippen molar-refractivity contribution in [1.29, 1.82) is 0 Å². The van der Waals surface area contributed by atoms with E-state index in [1.54, 1.807) is 18.2 Å².